The fourth-order valence-corrected chi connectivity index (χ4v) is 5.11. The number of piperidine rings is 1. The maximum atomic E-state index is 13.2. The van der Waals surface area contributed by atoms with E-state index < -0.39 is 10.2 Å². The average molecular weight is 428 g/mol. The van der Waals surface area contributed by atoms with Gasteiger partial charge in [-0.15, -0.1) is 0 Å². The van der Waals surface area contributed by atoms with Crippen molar-refractivity contribution in [1.82, 2.24) is 14.4 Å². The van der Waals surface area contributed by atoms with E-state index in [1.807, 2.05) is 24.3 Å². The van der Waals surface area contributed by atoms with E-state index in [1.165, 1.54) is 16.4 Å². The van der Waals surface area contributed by atoms with Crippen molar-refractivity contribution < 1.29 is 17.3 Å². The van der Waals surface area contributed by atoms with Crippen LogP contribution < -0.4 is 5.14 Å². The van der Waals surface area contributed by atoms with Crippen molar-refractivity contribution in [1.29, 1.82) is 0 Å². The van der Waals surface area contributed by atoms with Crippen LogP contribution in [0.5, 0.6) is 0 Å². The summed E-state index contributed by atoms with van der Waals surface area (Å²) < 4.78 is 43.1. The Bertz CT molecular complexity index is 1180. The van der Waals surface area contributed by atoms with Crippen molar-refractivity contribution in [3.05, 3.63) is 60.2 Å². The Morgan fingerprint density at radius 2 is 1.77 bits per heavy atom. The quantitative estimate of drug-likeness (QED) is 0.687. The van der Waals surface area contributed by atoms with Crippen LogP contribution >= 0.6 is 0 Å². The van der Waals surface area contributed by atoms with E-state index in [4.69, 9.17) is 9.66 Å². The Kier molecular flexibility index (Phi) is 4.49. The van der Waals surface area contributed by atoms with Crippen molar-refractivity contribution in [3.8, 4) is 22.6 Å². The molecule has 1 spiro atoms. The van der Waals surface area contributed by atoms with Gasteiger partial charge in [0, 0.05) is 24.6 Å². The Balaban J connectivity index is 1.33. The lowest BCUT2D eigenvalue weighted by Gasteiger charge is -2.30. The number of rotatable bonds is 4. The number of benzene rings is 2. The van der Waals surface area contributed by atoms with Gasteiger partial charge in [0.2, 0.25) is 0 Å². The van der Waals surface area contributed by atoms with Crippen LogP contribution in [-0.2, 0) is 10.2 Å². The first-order valence-electron chi connectivity index (χ1n) is 9.82. The molecule has 9 heteroatoms. The third-order valence-electron chi connectivity index (χ3n) is 6.31. The first-order chi connectivity index (χ1) is 14.3. The predicted octanol–water partition coefficient (Wildman–Crippen LogP) is 3.32. The van der Waals surface area contributed by atoms with Crippen molar-refractivity contribution in [3.63, 3.8) is 0 Å². The third kappa shape index (κ3) is 3.53. The summed E-state index contributed by atoms with van der Waals surface area (Å²) in [4.78, 5) is 4.61. The van der Waals surface area contributed by atoms with Gasteiger partial charge < -0.3 is 4.52 Å². The fraction of sp³-hybridized carbons (Fsp3) is 0.333. The van der Waals surface area contributed by atoms with Crippen molar-refractivity contribution in [2.75, 3.05) is 13.1 Å². The van der Waals surface area contributed by atoms with Crippen molar-refractivity contribution in [2.45, 2.75) is 25.2 Å². The first-order valence-corrected chi connectivity index (χ1v) is 11.3. The molecule has 156 valence electrons. The highest BCUT2D eigenvalue weighted by Gasteiger charge is 2.58. The lowest BCUT2D eigenvalue weighted by atomic mass is 9.92. The minimum atomic E-state index is -3.63. The highest BCUT2D eigenvalue weighted by Crippen LogP contribution is 2.64. The Hall–Kier alpha value is -2.62. The van der Waals surface area contributed by atoms with Crippen LogP contribution in [0, 0.1) is 11.2 Å². The van der Waals surface area contributed by atoms with Gasteiger partial charge in [0.25, 0.3) is 16.1 Å². The molecule has 2 heterocycles. The molecule has 2 N–H and O–H groups in total. The molecule has 0 unspecified atom stereocenters. The van der Waals surface area contributed by atoms with Gasteiger partial charge in [-0.3, -0.25) is 0 Å². The van der Waals surface area contributed by atoms with Crippen LogP contribution in [0.25, 0.3) is 22.6 Å². The van der Waals surface area contributed by atoms with E-state index in [0.29, 0.717) is 24.8 Å². The molecule has 2 aromatic carbocycles. The number of nitrogens with two attached hydrogens (primary N) is 1. The smallest absolute Gasteiger partial charge is 0.276 e. The molecule has 30 heavy (non-hydrogen) atoms. The summed E-state index contributed by atoms with van der Waals surface area (Å²) in [6, 6.07) is 14.0. The second kappa shape index (κ2) is 6.97. The fourth-order valence-electron chi connectivity index (χ4n) is 4.42. The van der Waals surface area contributed by atoms with Gasteiger partial charge in [-0.25, -0.2) is 9.53 Å². The molecule has 1 aliphatic carbocycles. The molecular formula is C21H21FN4O3S. The first kappa shape index (κ1) is 19.3. The van der Waals surface area contributed by atoms with Crippen LogP contribution in [0.2, 0.25) is 0 Å². The van der Waals surface area contributed by atoms with Crippen LogP contribution in [0.4, 0.5) is 4.39 Å². The van der Waals surface area contributed by atoms with Gasteiger partial charge in [0.1, 0.15) is 5.82 Å². The Morgan fingerprint density at radius 1 is 1.07 bits per heavy atom. The monoisotopic (exact) mass is 428 g/mol. The zero-order valence-electron chi connectivity index (χ0n) is 16.2. The molecule has 1 saturated carbocycles. The van der Waals surface area contributed by atoms with E-state index in [2.05, 4.69) is 10.1 Å². The number of hydrogen-bond donors (Lipinski definition) is 1. The lowest BCUT2D eigenvalue weighted by molar-refractivity contribution is 0.249. The van der Waals surface area contributed by atoms with E-state index >= 15 is 0 Å². The number of hydrogen-bond acceptors (Lipinski definition) is 5. The molecule has 0 amide bonds. The maximum Gasteiger partial charge on any atom is 0.276 e. The van der Waals surface area contributed by atoms with Crippen LogP contribution in [0.15, 0.2) is 53.1 Å². The van der Waals surface area contributed by atoms with E-state index in [-0.39, 0.29) is 17.2 Å². The molecule has 2 fully saturated rings. The minimum absolute atomic E-state index is 0.0400. The standard InChI is InChI=1S/C21H21FN4O3S/c22-17-6-4-14(5-7-17)15-2-1-3-16(12-15)20-24-19(25-29-20)18-13-21(18)8-10-26(11-9-21)30(23,27)28/h1-7,12,18H,8-11,13H2,(H2,23,27,28)/t18-/m0/s1. The normalized spacial score (nSPS) is 21.1. The van der Waals surface area contributed by atoms with Gasteiger partial charge >= 0.3 is 0 Å². The molecular weight excluding hydrogens is 407 g/mol. The number of aromatic nitrogens is 2. The highest BCUT2D eigenvalue weighted by molar-refractivity contribution is 7.86. The second-order valence-corrected chi connectivity index (χ2v) is 9.65. The molecule has 0 bridgehead atoms. The predicted molar refractivity (Wildman–Crippen MR) is 109 cm³/mol. The summed E-state index contributed by atoms with van der Waals surface area (Å²) >= 11 is 0. The van der Waals surface area contributed by atoms with Gasteiger partial charge in [0.05, 0.1) is 0 Å². The number of nitrogens with zero attached hydrogens (tertiary/aromatic N) is 3. The molecule has 7 nitrogen and oxygen atoms in total. The zero-order valence-corrected chi connectivity index (χ0v) is 17.0. The molecule has 5 rings (SSSR count). The molecule has 1 atom stereocenters. The maximum absolute atomic E-state index is 13.2. The van der Waals surface area contributed by atoms with Gasteiger partial charge in [-0.05, 0) is 60.1 Å². The van der Waals surface area contributed by atoms with E-state index in [9.17, 15) is 12.8 Å². The van der Waals surface area contributed by atoms with Gasteiger partial charge in [-0.1, -0.05) is 29.4 Å². The Labute approximate surface area is 173 Å². The van der Waals surface area contributed by atoms with Gasteiger partial charge in [0.15, 0.2) is 5.82 Å². The van der Waals surface area contributed by atoms with Gasteiger partial charge in [-0.2, -0.15) is 17.7 Å². The van der Waals surface area contributed by atoms with Crippen molar-refractivity contribution >= 4 is 10.2 Å². The molecule has 0 radical (unpaired) electrons. The molecule has 1 aliphatic heterocycles. The largest absolute Gasteiger partial charge is 0.334 e. The molecule has 1 saturated heterocycles. The lowest BCUT2D eigenvalue weighted by Crippen LogP contribution is -2.43. The summed E-state index contributed by atoms with van der Waals surface area (Å²) in [6.45, 7) is 0.861. The van der Waals surface area contributed by atoms with E-state index in [0.717, 1.165) is 36.0 Å². The second-order valence-electron chi connectivity index (χ2n) is 8.11. The third-order valence-corrected chi connectivity index (χ3v) is 7.39. The summed E-state index contributed by atoms with van der Waals surface area (Å²) in [5.41, 5.74) is 2.68. The average Bonchev–Trinajstić information content (AvgIpc) is 3.20. The SMILES string of the molecule is NS(=O)(=O)N1CCC2(CC1)C[C@H]2c1noc(-c2cccc(-c3ccc(F)cc3)c2)n1. The molecule has 1 aromatic heterocycles. The summed E-state index contributed by atoms with van der Waals surface area (Å²) in [7, 11) is -3.63. The topological polar surface area (TPSA) is 102 Å². The van der Waals surface area contributed by atoms with E-state index in [1.54, 1.807) is 12.1 Å². The Morgan fingerprint density at radius 3 is 2.47 bits per heavy atom. The summed E-state index contributed by atoms with van der Waals surface area (Å²) in [6.07, 6.45) is 2.43. The molecule has 2 aliphatic rings. The van der Waals surface area contributed by atoms with Crippen LogP contribution in [-0.4, -0.2) is 36.0 Å². The van der Waals surface area contributed by atoms with Crippen molar-refractivity contribution in [2.24, 2.45) is 10.6 Å². The summed E-state index contributed by atoms with van der Waals surface area (Å²) in [5.74, 6) is 1.02. The minimum Gasteiger partial charge on any atom is -0.334 e. The van der Waals surface area contributed by atoms with Crippen LogP contribution in [0.3, 0.4) is 0 Å². The zero-order chi connectivity index (χ0) is 20.9. The highest BCUT2D eigenvalue weighted by atomic mass is 32.2. The summed E-state index contributed by atoms with van der Waals surface area (Å²) in [5, 5.41) is 9.43. The molecule has 3 aromatic rings. The van der Waals surface area contributed by atoms with Crippen LogP contribution in [0.1, 0.15) is 31.0 Å². The number of halogens is 1.